The number of phenolic OH excluding ortho intramolecular Hbond substituents is 1. The molecule has 2 atom stereocenters. The van der Waals surface area contributed by atoms with Gasteiger partial charge in [-0.25, -0.2) is 0 Å². The van der Waals surface area contributed by atoms with Crippen LogP contribution >= 0.6 is 0 Å². The second kappa shape index (κ2) is 9.33. The Morgan fingerprint density at radius 1 is 1.14 bits per heavy atom. The molecule has 2 aliphatic carbocycles. The number of ether oxygens (including phenoxy) is 1. The van der Waals surface area contributed by atoms with Crippen molar-refractivity contribution in [1.82, 2.24) is 10.2 Å². The van der Waals surface area contributed by atoms with Gasteiger partial charge in [-0.2, -0.15) is 0 Å². The largest absolute Gasteiger partial charge is 0.507 e. The predicted molar refractivity (Wildman–Crippen MR) is 126 cm³/mol. The second-order valence-electron chi connectivity index (χ2n) is 9.35. The average molecular weight is 481 g/mol. The number of esters is 1. The second-order valence-corrected chi connectivity index (χ2v) is 9.35. The number of hydrogen-bond acceptors (Lipinski definition) is 9. The summed E-state index contributed by atoms with van der Waals surface area (Å²) in [4.78, 5) is 52.5. The van der Waals surface area contributed by atoms with Crippen molar-refractivity contribution in [3.8, 4) is 5.75 Å². The SMILES string of the molecule is CC(=O)OCC(=O)C1(O)Cc2cc3c(c(O)c2C(NCCN(C)C)C1)C(=O)c1ccccc1C3=O. The standard InChI is InChI=1S/C26H28N2O7/c1-14(29)35-13-20(30)26(34)11-15-10-18-22(24(32)17-7-5-4-6-16(17)23(18)31)25(33)21(15)19(12-26)27-8-9-28(2)3/h4-7,10,19,27,33-34H,8-9,11-13H2,1-3H3. The summed E-state index contributed by atoms with van der Waals surface area (Å²) in [6.45, 7) is 1.69. The highest BCUT2D eigenvalue weighted by Crippen LogP contribution is 2.45. The number of fused-ring (bicyclic) bond motifs is 3. The molecule has 0 saturated heterocycles. The fourth-order valence-electron chi connectivity index (χ4n) is 4.82. The number of benzene rings is 2. The van der Waals surface area contributed by atoms with Crippen LogP contribution in [0.3, 0.4) is 0 Å². The first kappa shape index (κ1) is 24.7. The van der Waals surface area contributed by atoms with Crippen molar-refractivity contribution in [1.29, 1.82) is 0 Å². The molecule has 3 N–H and O–H groups in total. The number of carbonyl (C=O) groups is 4. The van der Waals surface area contributed by atoms with Crippen molar-refractivity contribution in [2.45, 2.75) is 31.4 Å². The first-order valence-electron chi connectivity index (χ1n) is 11.4. The maximum atomic E-state index is 13.3. The quantitative estimate of drug-likeness (QED) is 0.426. The van der Waals surface area contributed by atoms with Gasteiger partial charge in [0.1, 0.15) is 11.4 Å². The van der Waals surface area contributed by atoms with E-state index in [4.69, 9.17) is 4.74 Å². The zero-order valence-electron chi connectivity index (χ0n) is 19.9. The van der Waals surface area contributed by atoms with Crippen LogP contribution in [0.1, 0.15) is 62.4 Å². The molecule has 0 fully saturated rings. The number of nitrogens with zero attached hydrogens (tertiary/aromatic N) is 1. The molecule has 0 radical (unpaired) electrons. The number of rotatable bonds is 7. The number of likely N-dealkylation sites (N-methyl/N-ethyl adjacent to an activating group) is 1. The predicted octanol–water partition coefficient (Wildman–Crippen LogP) is 1.17. The molecule has 2 aromatic carbocycles. The summed E-state index contributed by atoms with van der Waals surface area (Å²) in [5, 5.41) is 25.9. The molecule has 0 heterocycles. The minimum atomic E-state index is -1.89. The number of aliphatic hydroxyl groups is 1. The van der Waals surface area contributed by atoms with Crippen LogP contribution in [0.5, 0.6) is 5.75 Å². The number of phenols is 1. The van der Waals surface area contributed by atoms with Crippen LogP contribution in [0.4, 0.5) is 0 Å². The zero-order chi connectivity index (χ0) is 25.5. The third-order valence-corrected chi connectivity index (χ3v) is 6.56. The summed E-state index contributed by atoms with van der Waals surface area (Å²) >= 11 is 0. The topological polar surface area (TPSA) is 133 Å². The Bertz CT molecular complexity index is 1240. The Kier molecular flexibility index (Phi) is 6.59. The van der Waals surface area contributed by atoms with Crippen LogP contribution in [-0.4, -0.2) is 77.8 Å². The third kappa shape index (κ3) is 4.50. The molecule has 35 heavy (non-hydrogen) atoms. The molecule has 0 spiro atoms. The van der Waals surface area contributed by atoms with Gasteiger partial charge in [-0.15, -0.1) is 0 Å². The summed E-state index contributed by atoms with van der Waals surface area (Å²) in [5.74, 6) is -2.50. The number of nitrogens with one attached hydrogen (secondary N) is 1. The fraction of sp³-hybridized carbons (Fsp3) is 0.385. The Hall–Kier alpha value is -3.40. The summed E-state index contributed by atoms with van der Waals surface area (Å²) < 4.78 is 4.82. The van der Waals surface area contributed by atoms with Gasteiger partial charge in [0, 0.05) is 61.2 Å². The molecule has 0 aromatic heterocycles. The molecule has 0 amide bonds. The molecule has 9 heteroatoms. The van der Waals surface area contributed by atoms with Gasteiger partial charge in [0.05, 0.1) is 5.56 Å². The first-order valence-corrected chi connectivity index (χ1v) is 11.4. The van der Waals surface area contributed by atoms with Gasteiger partial charge in [-0.3, -0.25) is 19.2 Å². The summed E-state index contributed by atoms with van der Waals surface area (Å²) in [5.41, 5.74) is -0.694. The average Bonchev–Trinajstić information content (AvgIpc) is 2.80. The monoisotopic (exact) mass is 480 g/mol. The highest BCUT2D eigenvalue weighted by Gasteiger charge is 2.46. The molecule has 0 saturated carbocycles. The Morgan fingerprint density at radius 2 is 1.80 bits per heavy atom. The number of hydrogen-bond donors (Lipinski definition) is 3. The Morgan fingerprint density at radius 3 is 2.43 bits per heavy atom. The fourth-order valence-corrected chi connectivity index (χ4v) is 4.82. The Labute approximate surface area is 202 Å². The number of aromatic hydroxyl groups is 1. The van der Waals surface area contributed by atoms with Crippen LogP contribution in [-0.2, 0) is 20.7 Å². The van der Waals surface area contributed by atoms with Gasteiger partial charge < -0.3 is 25.2 Å². The minimum absolute atomic E-state index is 0.0358. The molecule has 2 aliphatic rings. The lowest BCUT2D eigenvalue weighted by molar-refractivity contribution is -0.154. The number of ketones is 3. The Balaban J connectivity index is 1.80. The molecule has 4 rings (SSSR count). The van der Waals surface area contributed by atoms with E-state index < -0.39 is 41.6 Å². The van der Waals surface area contributed by atoms with Gasteiger partial charge in [0.15, 0.2) is 18.2 Å². The molecule has 2 aromatic rings. The van der Waals surface area contributed by atoms with E-state index in [2.05, 4.69) is 5.32 Å². The summed E-state index contributed by atoms with van der Waals surface area (Å²) in [7, 11) is 3.79. The van der Waals surface area contributed by atoms with Gasteiger partial charge >= 0.3 is 5.97 Å². The normalized spacial score (nSPS) is 20.8. The van der Waals surface area contributed by atoms with Gasteiger partial charge in [-0.1, -0.05) is 24.3 Å². The van der Waals surface area contributed by atoms with Crippen molar-refractivity contribution in [3.05, 3.63) is 63.7 Å². The minimum Gasteiger partial charge on any atom is -0.507 e. The smallest absolute Gasteiger partial charge is 0.303 e. The van der Waals surface area contributed by atoms with Crippen molar-refractivity contribution in [3.63, 3.8) is 0 Å². The molecular formula is C26H28N2O7. The zero-order valence-corrected chi connectivity index (χ0v) is 19.9. The van der Waals surface area contributed by atoms with E-state index in [0.717, 1.165) is 0 Å². The van der Waals surface area contributed by atoms with Gasteiger partial charge in [-0.05, 0) is 25.7 Å². The first-order chi connectivity index (χ1) is 16.5. The lowest BCUT2D eigenvalue weighted by Gasteiger charge is -2.39. The van der Waals surface area contributed by atoms with E-state index in [1.807, 2.05) is 19.0 Å². The van der Waals surface area contributed by atoms with Crippen LogP contribution < -0.4 is 5.32 Å². The molecule has 9 nitrogen and oxygen atoms in total. The summed E-state index contributed by atoms with van der Waals surface area (Å²) in [6, 6.07) is 7.23. The van der Waals surface area contributed by atoms with Crippen LogP contribution in [0.15, 0.2) is 30.3 Å². The van der Waals surface area contributed by atoms with Crippen molar-refractivity contribution < 1.29 is 34.1 Å². The third-order valence-electron chi connectivity index (χ3n) is 6.56. The van der Waals surface area contributed by atoms with Gasteiger partial charge in [0.2, 0.25) is 5.78 Å². The molecular weight excluding hydrogens is 452 g/mol. The van der Waals surface area contributed by atoms with Crippen LogP contribution in [0.25, 0.3) is 0 Å². The number of carbonyl (C=O) groups excluding carboxylic acids is 4. The van der Waals surface area contributed by atoms with E-state index in [0.29, 0.717) is 24.2 Å². The van der Waals surface area contributed by atoms with Crippen LogP contribution in [0.2, 0.25) is 0 Å². The molecule has 184 valence electrons. The van der Waals surface area contributed by atoms with Crippen molar-refractivity contribution >= 4 is 23.3 Å². The number of Topliss-reactive ketones (excluding diaryl/α,β-unsaturated/α-hetero) is 1. The van der Waals surface area contributed by atoms with E-state index in [1.165, 1.54) is 13.0 Å². The summed E-state index contributed by atoms with van der Waals surface area (Å²) in [6.07, 6.45) is -0.295. The highest BCUT2D eigenvalue weighted by atomic mass is 16.5. The van der Waals surface area contributed by atoms with Crippen LogP contribution in [0, 0.1) is 0 Å². The van der Waals surface area contributed by atoms with Crippen molar-refractivity contribution in [2.75, 3.05) is 33.8 Å². The molecule has 0 bridgehead atoms. The molecule has 2 unspecified atom stereocenters. The van der Waals surface area contributed by atoms with E-state index >= 15 is 0 Å². The molecule has 0 aliphatic heterocycles. The van der Waals surface area contributed by atoms with E-state index in [-0.39, 0.29) is 40.8 Å². The maximum Gasteiger partial charge on any atom is 0.303 e. The maximum absolute atomic E-state index is 13.3. The van der Waals surface area contributed by atoms with Gasteiger partial charge in [0.25, 0.3) is 0 Å². The lowest BCUT2D eigenvalue weighted by atomic mass is 9.72. The van der Waals surface area contributed by atoms with E-state index in [1.54, 1.807) is 24.3 Å². The highest BCUT2D eigenvalue weighted by molar-refractivity contribution is 6.29. The lowest BCUT2D eigenvalue weighted by Crippen LogP contribution is -2.50. The van der Waals surface area contributed by atoms with E-state index in [9.17, 15) is 29.4 Å². The van der Waals surface area contributed by atoms with Crippen molar-refractivity contribution in [2.24, 2.45) is 0 Å².